The summed E-state index contributed by atoms with van der Waals surface area (Å²) in [6, 6.07) is 10.1. The first-order valence-corrected chi connectivity index (χ1v) is 11.3. The lowest BCUT2D eigenvalue weighted by atomic mass is 10.1. The first kappa shape index (κ1) is 21.1. The van der Waals surface area contributed by atoms with Crippen LogP contribution in [0.25, 0.3) is 22.5 Å². The first-order valence-electron chi connectivity index (χ1n) is 8.88. The summed E-state index contributed by atoms with van der Waals surface area (Å²) in [6.45, 7) is 4.06. The van der Waals surface area contributed by atoms with Crippen LogP contribution in [0.2, 0.25) is 0 Å². The van der Waals surface area contributed by atoms with Gasteiger partial charge in [-0.2, -0.15) is 0 Å². The molecule has 0 bridgehead atoms. The summed E-state index contributed by atoms with van der Waals surface area (Å²) in [5, 5.41) is 3.95. The lowest BCUT2D eigenvalue weighted by Crippen LogP contribution is -2.08. The minimum atomic E-state index is -0.269. The Labute approximate surface area is 178 Å². The second kappa shape index (κ2) is 9.76. The normalized spacial score (nSPS) is 12.3. The Morgan fingerprint density at radius 2 is 1.90 bits per heavy atom. The number of thioether (sulfide) groups is 2. The number of benzene rings is 1. The highest BCUT2D eigenvalue weighted by atomic mass is 32.2. The SMILES string of the molecule is CS/C(C)=C(\C)NC=Nc1cc(-c2nc(SC)[nH]c2-c2ccc(F)cc2)ccn1. The van der Waals surface area contributed by atoms with Crippen molar-refractivity contribution in [2.75, 3.05) is 12.5 Å². The minimum Gasteiger partial charge on any atom is -0.349 e. The number of aromatic nitrogens is 3. The number of pyridine rings is 1. The van der Waals surface area contributed by atoms with Gasteiger partial charge < -0.3 is 10.3 Å². The lowest BCUT2D eigenvalue weighted by molar-refractivity contribution is 0.628. The Balaban J connectivity index is 1.92. The fourth-order valence-electron chi connectivity index (χ4n) is 2.57. The number of nitrogens with zero attached hydrogens (tertiary/aromatic N) is 3. The largest absolute Gasteiger partial charge is 0.349 e. The molecule has 0 radical (unpaired) electrons. The number of H-pyrrole nitrogens is 1. The number of aromatic amines is 1. The van der Waals surface area contributed by atoms with Crippen LogP contribution in [0.3, 0.4) is 0 Å². The van der Waals surface area contributed by atoms with Crippen molar-refractivity contribution in [1.82, 2.24) is 20.3 Å². The van der Waals surface area contributed by atoms with Gasteiger partial charge in [0.2, 0.25) is 0 Å². The highest BCUT2D eigenvalue weighted by molar-refractivity contribution is 8.02. The molecule has 0 amide bonds. The number of rotatable bonds is 7. The molecule has 0 atom stereocenters. The van der Waals surface area contributed by atoms with Gasteiger partial charge in [0.05, 0.1) is 17.7 Å². The van der Waals surface area contributed by atoms with Gasteiger partial charge in [0, 0.05) is 27.9 Å². The quantitative estimate of drug-likeness (QED) is 0.281. The van der Waals surface area contributed by atoms with Crippen molar-refractivity contribution in [1.29, 1.82) is 0 Å². The van der Waals surface area contributed by atoms with Gasteiger partial charge >= 0.3 is 0 Å². The van der Waals surface area contributed by atoms with E-state index in [9.17, 15) is 4.39 Å². The number of aliphatic imine (C=N–C) groups is 1. The van der Waals surface area contributed by atoms with Crippen LogP contribution >= 0.6 is 23.5 Å². The number of nitrogens with one attached hydrogen (secondary N) is 2. The van der Waals surface area contributed by atoms with Gasteiger partial charge in [-0.25, -0.2) is 19.4 Å². The fraction of sp³-hybridized carbons (Fsp3) is 0.190. The molecule has 0 saturated heterocycles. The molecule has 0 unspecified atom stereocenters. The van der Waals surface area contributed by atoms with Gasteiger partial charge in [-0.05, 0) is 62.8 Å². The Morgan fingerprint density at radius 3 is 2.59 bits per heavy atom. The smallest absolute Gasteiger partial charge is 0.166 e. The Kier molecular flexibility index (Phi) is 7.11. The molecule has 2 aromatic heterocycles. The lowest BCUT2D eigenvalue weighted by Gasteiger charge is -2.05. The van der Waals surface area contributed by atoms with Crippen molar-refractivity contribution in [3.8, 4) is 22.5 Å². The maximum atomic E-state index is 13.3. The van der Waals surface area contributed by atoms with Crippen LogP contribution in [-0.2, 0) is 0 Å². The Bertz CT molecular complexity index is 1040. The van der Waals surface area contributed by atoms with E-state index in [-0.39, 0.29) is 5.82 Å². The molecule has 3 aromatic rings. The van der Waals surface area contributed by atoms with Crippen molar-refractivity contribution >= 4 is 35.7 Å². The van der Waals surface area contributed by atoms with Gasteiger partial charge in [-0.15, -0.1) is 11.8 Å². The summed E-state index contributed by atoms with van der Waals surface area (Å²) in [7, 11) is 0. The molecule has 0 fully saturated rings. The minimum absolute atomic E-state index is 0.269. The third-order valence-electron chi connectivity index (χ3n) is 4.34. The van der Waals surface area contributed by atoms with Crippen LogP contribution in [-0.4, -0.2) is 33.8 Å². The van der Waals surface area contributed by atoms with Crippen molar-refractivity contribution in [2.24, 2.45) is 4.99 Å². The van der Waals surface area contributed by atoms with E-state index in [1.165, 1.54) is 28.8 Å². The highest BCUT2D eigenvalue weighted by Crippen LogP contribution is 2.33. The van der Waals surface area contributed by atoms with Crippen molar-refractivity contribution in [3.63, 3.8) is 0 Å². The van der Waals surface area contributed by atoms with E-state index in [2.05, 4.69) is 32.2 Å². The van der Waals surface area contributed by atoms with Crippen LogP contribution in [0.1, 0.15) is 13.8 Å². The number of hydrogen-bond acceptors (Lipinski definition) is 5. The van der Waals surface area contributed by atoms with E-state index in [1.54, 1.807) is 36.4 Å². The Morgan fingerprint density at radius 1 is 1.14 bits per heavy atom. The maximum absolute atomic E-state index is 13.3. The first-order chi connectivity index (χ1) is 14.0. The standard InChI is InChI=1S/C21H22FN5S2/c1-13(14(2)28-3)24-12-25-18-11-16(9-10-23-18)20-19(26-21(27-20)29-4)15-5-7-17(22)8-6-15/h5-12H,1-4H3,(H,26,27)(H,23,24,25)/b14-13+. The van der Waals surface area contributed by atoms with Crippen LogP contribution in [0.5, 0.6) is 0 Å². The predicted octanol–water partition coefficient (Wildman–Crippen LogP) is 5.86. The number of halogens is 1. The van der Waals surface area contributed by atoms with Crippen LogP contribution < -0.4 is 5.32 Å². The molecule has 1 aromatic carbocycles. The highest BCUT2D eigenvalue weighted by Gasteiger charge is 2.14. The number of imidazole rings is 1. The third kappa shape index (κ3) is 5.27. The molecule has 5 nitrogen and oxygen atoms in total. The summed E-state index contributed by atoms with van der Waals surface area (Å²) >= 11 is 3.21. The van der Waals surface area contributed by atoms with E-state index in [1.807, 2.05) is 31.6 Å². The van der Waals surface area contributed by atoms with Crippen molar-refractivity contribution in [3.05, 3.63) is 59.0 Å². The van der Waals surface area contributed by atoms with E-state index >= 15 is 0 Å². The molecular formula is C21H22FN5S2. The summed E-state index contributed by atoms with van der Waals surface area (Å²) in [5.74, 6) is 0.303. The fourth-order valence-corrected chi connectivity index (χ4v) is 3.32. The zero-order valence-electron chi connectivity index (χ0n) is 16.7. The van der Waals surface area contributed by atoms with Crippen LogP contribution in [0.4, 0.5) is 10.2 Å². The third-order valence-corrected chi connectivity index (χ3v) is 5.84. The van der Waals surface area contributed by atoms with Crippen LogP contribution in [0, 0.1) is 5.82 Å². The molecule has 0 aliphatic rings. The van der Waals surface area contributed by atoms with Gasteiger partial charge in [0.15, 0.2) is 11.0 Å². The Hall–Kier alpha value is -2.58. The summed E-state index contributed by atoms with van der Waals surface area (Å²) in [6.07, 6.45) is 7.34. The molecule has 0 spiro atoms. The molecule has 2 N–H and O–H groups in total. The summed E-state index contributed by atoms with van der Waals surface area (Å²) < 4.78 is 13.3. The summed E-state index contributed by atoms with van der Waals surface area (Å²) in [5.41, 5.74) is 4.42. The monoisotopic (exact) mass is 427 g/mol. The maximum Gasteiger partial charge on any atom is 0.166 e. The molecule has 2 heterocycles. The molecular weight excluding hydrogens is 405 g/mol. The van der Waals surface area contributed by atoms with Gasteiger partial charge in [0.25, 0.3) is 0 Å². The topological polar surface area (TPSA) is 66.0 Å². The van der Waals surface area contributed by atoms with E-state index < -0.39 is 0 Å². The molecule has 29 heavy (non-hydrogen) atoms. The predicted molar refractivity (Wildman–Crippen MR) is 122 cm³/mol. The van der Waals surface area contributed by atoms with Gasteiger partial charge in [0.1, 0.15) is 5.82 Å². The van der Waals surface area contributed by atoms with Crippen LogP contribution in [0.15, 0.2) is 63.3 Å². The molecule has 150 valence electrons. The van der Waals surface area contributed by atoms with Crippen molar-refractivity contribution < 1.29 is 4.39 Å². The van der Waals surface area contributed by atoms with E-state index in [0.717, 1.165) is 33.4 Å². The molecule has 3 rings (SSSR count). The average Bonchev–Trinajstić information content (AvgIpc) is 3.18. The van der Waals surface area contributed by atoms with E-state index in [0.29, 0.717) is 5.82 Å². The molecule has 0 aliphatic heterocycles. The average molecular weight is 428 g/mol. The number of allylic oxidation sites excluding steroid dienone is 2. The van der Waals surface area contributed by atoms with Crippen molar-refractivity contribution in [2.45, 2.75) is 19.0 Å². The van der Waals surface area contributed by atoms with Gasteiger partial charge in [-0.1, -0.05) is 11.8 Å². The number of hydrogen-bond donors (Lipinski definition) is 2. The second-order valence-corrected chi connectivity index (χ2v) is 7.98. The molecule has 0 aliphatic carbocycles. The van der Waals surface area contributed by atoms with Gasteiger partial charge in [-0.3, -0.25) is 0 Å². The van der Waals surface area contributed by atoms with E-state index in [4.69, 9.17) is 0 Å². The zero-order chi connectivity index (χ0) is 20.8. The molecule has 8 heteroatoms. The molecule has 0 saturated carbocycles. The summed E-state index contributed by atoms with van der Waals surface area (Å²) in [4.78, 5) is 17.9. The second-order valence-electron chi connectivity index (χ2n) is 6.17. The zero-order valence-corrected chi connectivity index (χ0v) is 18.3.